The highest BCUT2D eigenvalue weighted by atomic mass is 79.9. The molecule has 1 aliphatic carbocycles. The minimum atomic E-state index is -0.0290. The second-order valence-corrected chi connectivity index (χ2v) is 6.16. The summed E-state index contributed by atoms with van der Waals surface area (Å²) in [5, 5.41) is 3.09. The Morgan fingerprint density at radius 2 is 2.05 bits per heavy atom. The molecule has 1 aromatic carbocycles. The van der Waals surface area contributed by atoms with Crippen LogP contribution >= 0.6 is 15.9 Å². The lowest BCUT2D eigenvalue weighted by atomic mass is 9.84. The molecule has 3 nitrogen and oxygen atoms in total. The van der Waals surface area contributed by atoms with E-state index in [2.05, 4.69) is 21.2 Å². The molecule has 104 valence electrons. The summed E-state index contributed by atoms with van der Waals surface area (Å²) in [4.78, 5) is 12.3. The highest BCUT2D eigenvalue weighted by molar-refractivity contribution is 9.10. The molecule has 1 amide bonds. The van der Waals surface area contributed by atoms with E-state index in [-0.39, 0.29) is 23.9 Å². The first kappa shape index (κ1) is 14.5. The highest BCUT2D eigenvalue weighted by Crippen LogP contribution is 2.26. The first-order valence-corrected chi connectivity index (χ1v) is 7.69. The van der Waals surface area contributed by atoms with Gasteiger partial charge in [0.25, 0.3) is 0 Å². The van der Waals surface area contributed by atoms with Gasteiger partial charge >= 0.3 is 0 Å². The van der Waals surface area contributed by atoms with Gasteiger partial charge in [0, 0.05) is 10.5 Å². The molecular weight excluding hydrogens is 304 g/mol. The fourth-order valence-electron chi connectivity index (χ4n) is 2.71. The minimum Gasteiger partial charge on any atom is -0.349 e. The zero-order valence-corrected chi connectivity index (χ0v) is 12.8. The van der Waals surface area contributed by atoms with Crippen molar-refractivity contribution in [1.29, 1.82) is 0 Å². The maximum Gasteiger partial charge on any atom is 0.225 e. The van der Waals surface area contributed by atoms with Crippen LogP contribution in [0.4, 0.5) is 0 Å². The van der Waals surface area contributed by atoms with Crippen molar-refractivity contribution < 1.29 is 4.79 Å². The van der Waals surface area contributed by atoms with Gasteiger partial charge in [0.15, 0.2) is 0 Å². The van der Waals surface area contributed by atoms with Gasteiger partial charge in [-0.2, -0.15) is 0 Å². The Kier molecular flexibility index (Phi) is 4.99. The van der Waals surface area contributed by atoms with E-state index in [9.17, 15) is 4.79 Å². The van der Waals surface area contributed by atoms with Crippen molar-refractivity contribution in [2.75, 3.05) is 0 Å². The molecule has 2 rings (SSSR count). The molecule has 3 unspecified atom stereocenters. The molecule has 1 saturated carbocycles. The number of carbonyl (C=O) groups is 1. The molecule has 0 spiro atoms. The second-order valence-electron chi connectivity index (χ2n) is 5.31. The molecule has 0 aliphatic heterocycles. The number of nitrogens with two attached hydrogens (primary N) is 1. The summed E-state index contributed by atoms with van der Waals surface area (Å²) in [7, 11) is 0. The van der Waals surface area contributed by atoms with E-state index in [1.807, 2.05) is 31.2 Å². The first-order chi connectivity index (χ1) is 9.09. The number of hydrogen-bond acceptors (Lipinski definition) is 2. The number of halogens is 1. The van der Waals surface area contributed by atoms with Crippen LogP contribution in [0.1, 0.15) is 44.2 Å². The predicted molar refractivity (Wildman–Crippen MR) is 80.6 cm³/mol. The minimum absolute atomic E-state index is 0.00259. The van der Waals surface area contributed by atoms with Gasteiger partial charge in [0.2, 0.25) is 5.91 Å². The van der Waals surface area contributed by atoms with Crippen molar-refractivity contribution in [3.8, 4) is 0 Å². The van der Waals surface area contributed by atoms with Gasteiger partial charge in [-0.3, -0.25) is 4.79 Å². The van der Waals surface area contributed by atoms with E-state index in [1.165, 1.54) is 0 Å². The van der Waals surface area contributed by atoms with Gasteiger partial charge in [-0.25, -0.2) is 0 Å². The summed E-state index contributed by atoms with van der Waals surface area (Å²) in [6.07, 6.45) is 4.12. The molecule has 1 aliphatic rings. The van der Waals surface area contributed by atoms with E-state index in [4.69, 9.17) is 5.73 Å². The van der Waals surface area contributed by atoms with Crippen LogP contribution < -0.4 is 11.1 Å². The molecule has 4 heteroatoms. The lowest BCUT2D eigenvalue weighted by Crippen LogP contribution is -2.44. The van der Waals surface area contributed by atoms with Crippen molar-refractivity contribution in [3.63, 3.8) is 0 Å². The summed E-state index contributed by atoms with van der Waals surface area (Å²) < 4.78 is 1.02. The van der Waals surface area contributed by atoms with Gasteiger partial charge in [-0.1, -0.05) is 47.0 Å². The Hall–Kier alpha value is -0.870. The third-order valence-electron chi connectivity index (χ3n) is 3.89. The quantitative estimate of drug-likeness (QED) is 0.897. The lowest BCUT2D eigenvalue weighted by molar-refractivity contribution is -0.127. The third-order valence-corrected chi connectivity index (χ3v) is 4.61. The van der Waals surface area contributed by atoms with Crippen LogP contribution in [-0.4, -0.2) is 11.9 Å². The van der Waals surface area contributed by atoms with Crippen LogP contribution in [0.2, 0.25) is 0 Å². The number of nitrogens with one attached hydrogen (secondary N) is 1. The first-order valence-electron chi connectivity index (χ1n) is 6.90. The summed E-state index contributed by atoms with van der Waals surface area (Å²) in [5.74, 6) is 0.0640. The Balaban J connectivity index is 2.00. The van der Waals surface area contributed by atoms with Crippen LogP contribution in [0.3, 0.4) is 0 Å². The number of carbonyl (C=O) groups excluding carboxylic acids is 1. The molecule has 19 heavy (non-hydrogen) atoms. The molecule has 3 N–H and O–H groups in total. The fourth-order valence-corrected chi connectivity index (χ4v) is 3.34. The van der Waals surface area contributed by atoms with Gasteiger partial charge < -0.3 is 11.1 Å². The van der Waals surface area contributed by atoms with Crippen molar-refractivity contribution in [2.24, 2.45) is 11.7 Å². The Morgan fingerprint density at radius 1 is 1.37 bits per heavy atom. The SMILES string of the molecule is CC(NC(=O)C1CCCCC1N)c1ccccc1Br. The maximum absolute atomic E-state index is 12.3. The largest absolute Gasteiger partial charge is 0.349 e. The summed E-state index contributed by atoms with van der Waals surface area (Å²) in [6, 6.07) is 7.98. The van der Waals surface area contributed by atoms with E-state index in [0.29, 0.717) is 0 Å². The maximum atomic E-state index is 12.3. The van der Waals surface area contributed by atoms with Crippen LogP contribution in [-0.2, 0) is 4.79 Å². The predicted octanol–water partition coefficient (Wildman–Crippen LogP) is 3.14. The van der Waals surface area contributed by atoms with Crippen LogP contribution in [0.25, 0.3) is 0 Å². The standard InChI is InChI=1S/C15H21BrN2O/c1-10(11-6-2-4-8-13(11)16)18-15(19)12-7-3-5-9-14(12)17/h2,4,6,8,10,12,14H,3,5,7,9,17H2,1H3,(H,18,19). The zero-order chi connectivity index (χ0) is 13.8. The average Bonchev–Trinajstić information content (AvgIpc) is 2.39. The Bertz CT molecular complexity index is 450. The summed E-state index contributed by atoms with van der Waals surface area (Å²) in [6.45, 7) is 2.01. The number of hydrogen-bond donors (Lipinski definition) is 2. The lowest BCUT2D eigenvalue weighted by Gasteiger charge is -2.29. The highest BCUT2D eigenvalue weighted by Gasteiger charge is 2.29. The second kappa shape index (κ2) is 6.53. The fraction of sp³-hybridized carbons (Fsp3) is 0.533. The molecule has 0 aromatic heterocycles. The van der Waals surface area contributed by atoms with Crippen LogP contribution in [0.5, 0.6) is 0 Å². The van der Waals surface area contributed by atoms with Gasteiger partial charge in [0.1, 0.15) is 0 Å². The molecule has 0 radical (unpaired) electrons. The van der Waals surface area contributed by atoms with Gasteiger partial charge in [-0.05, 0) is 31.4 Å². The van der Waals surface area contributed by atoms with Crippen LogP contribution in [0, 0.1) is 5.92 Å². The van der Waals surface area contributed by atoms with E-state index in [1.54, 1.807) is 0 Å². The summed E-state index contributed by atoms with van der Waals surface area (Å²) in [5.41, 5.74) is 7.15. The zero-order valence-electron chi connectivity index (χ0n) is 11.2. The average molecular weight is 325 g/mol. The molecule has 1 aromatic rings. The molecular formula is C15H21BrN2O. The topological polar surface area (TPSA) is 55.1 Å². The van der Waals surface area contributed by atoms with Crippen molar-refractivity contribution in [1.82, 2.24) is 5.32 Å². The molecule has 0 bridgehead atoms. The molecule has 1 fully saturated rings. The molecule has 3 atom stereocenters. The third kappa shape index (κ3) is 3.57. The molecule has 0 heterocycles. The number of benzene rings is 1. The number of rotatable bonds is 3. The van der Waals surface area contributed by atoms with E-state index >= 15 is 0 Å². The van der Waals surface area contributed by atoms with E-state index < -0.39 is 0 Å². The summed E-state index contributed by atoms with van der Waals surface area (Å²) >= 11 is 3.52. The van der Waals surface area contributed by atoms with Crippen molar-refractivity contribution >= 4 is 21.8 Å². The monoisotopic (exact) mass is 324 g/mol. The Morgan fingerprint density at radius 3 is 2.74 bits per heavy atom. The van der Waals surface area contributed by atoms with Gasteiger partial charge in [-0.15, -0.1) is 0 Å². The van der Waals surface area contributed by atoms with E-state index in [0.717, 1.165) is 35.7 Å². The smallest absolute Gasteiger partial charge is 0.225 e. The van der Waals surface area contributed by atoms with Crippen molar-refractivity contribution in [2.45, 2.75) is 44.7 Å². The van der Waals surface area contributed by atoms with Crippen LogP contribution in [0.15, 0.2) is 28.7 Å². The number of amides is 1. The normalized spacial score (nSPS) is 24.8. The Labute approximate surface area is 123 Å². The van der Waals surface area contributed by atoms with Crippen molar-refractivity contribution in [3.05, 3.63) is 34.3 Å². The molecule has 0 saturated heterocycles. The van der Waals surface area contributed by atoms with Gasteiger partial charge in [0.05, 0.1) is 12.0 Å².